The lowest BCUT2D eigenvalue weighted by atomic mass is 9.51. The maximum Gasteiger partial charge on any atom is 0.000258 e. The minimum atomic E-state index is 0.427. The Hall–Kier alpha value is -0.520. The van der Waals surface area contributed by atoms with Crippen LogP contribution in [0.2, 0.25) is 0 Å². The molecule has 23 heavy (non-hydrogen) atoms. The maximum absolute atomic E-state index is 2.65. The summed E-state index contributed by atoms with van der Waals surface area (Å²) in [6, 6.07) is 0. The van der Waals surface area contributed by atoms with Crippen LogP contribution in [0.1, 0.15) is 97.8 Å². The van der Waals surface area contributed by atoms with Crippen LogP contribution in [0, 0.1) is 23.2 Å². The molecule has 1 fully saturated rings. The van der Waals surface area contributed by atoms with Crippen molar-refractivity contribution in [3.8, 4) is 0 Å². The van der Waals surface area contributed by atoms with Crippen molar-refractivity contribution in [2.24, 2.45) is 17.3 Å². The van der Waals surface area contributed by atoms with Gasteiger partial charge in [0.25, 0.3) is 0 Å². The largest absolute Gasteiger partial charge is 0.0853 e. The third-order valence-corrected chi connectivity index (χ3v) is 7.41. The van der Waals surface area contributed by atoms with Crippen LogP contribution in [-0.4, -0.2) is 0 Å². The van der Waals surface area contributed by atoms with Crippen molar-refractivity contribution in [2.45, 2.75) is 97.8 Å². The molecule has 0 aliphatic heterocycles. The van der Waals surface area contributed by atoms with Crippen LogP contribution in [0.4, 0.5) is 0 Å². The SMILES string of the molecule is CCC1(C2=CCCCC2)[C](CC2=CCCCC2)CCC(C)C1C. The van der Waals surface area contributed by atoms with Gasteiger partial charge in [-0.3, -0.25) is 0 Å². The minimum Gasteiger partial charge on any atom is -0.0853 e. The lowest BCUT2D eigenvalue weighted by molar-refractivity contribution is 0.109. The van der Waals surface area contributed by atoms with E-state index in [4.69, 9.17) is 0 Å². The fourth-order valence-corrected chi connectivity index (χ4v) is 5.83. The summed E-state index contributed by atoms with van der Waals surface area (Å²) >= 11 is 0. The van der Waals surface area contributed by atoms with Crippen LogP contribution < -0.4 is 0 Å². The Morgan fingerprint density at radius 2 is 1.70 bits per heavy atom. The molecule has 3 rings (SSSR count). The van der Waals surface area contributed by atoms with Gasteiger partial charge in [0.1, 0.15) is 0 Å². The Labute approximate surface area is 144 Å². The van der Waals surface area contributed by atoms with Gasteiger partial charge in [0.2, 0.25) is 0 Å². The van der Waals surface area contributed by atoms with Crippen molar-refractivity contribution in [3.63, 3.8) is 0 Å². The van der Waals surface area contributed by atoms with E-state index in [-0.39, 0.29) is 0 Å². The summed E-state index contributed by atoms with van der Waals surface area (Å²) in [6.07, 6.45) is 21.7. The molecule has 0 saturated heterocycles. The van der Waals surface area contributed by atoms with Gasteiger partial charge in [-0.05, 0) is 94.8 Å². The summed E-state index contributed by atoms with van der Waals surface area (Å²) in [4.78, 5) is 0. The van der Waals surface area contributed by atoms with Gasteiger partial charge >= 0.3 is 0 Å². The van der Waals surface area contributed by atoms with Gasteiger partial charge in [-0.15, -0.1) is 0 Å². The molecule has 3 aliphatic carbocycles. The van der Waals surface area contributed by atoms with E-state index in [2.05, 4.69) is 32.9 Å². The Morgan fingerprint density at radius 1 is 0.957 bits per heavy atom. The van der Waals surface area contributed by atoms with E-state index in [1.54, 1.807) is 5.57 Å². The molecule has 0 spiro atoms. The molecule has 0 aromatic carbocycles. The molecule has 0 N–H and O–H groups in total. The van der Waals surface area contributed by atoms with Crippen molar-refractivity contribution in [2.75, 3.05) is 0 Å². The fourth-order valence-electron chi connectivity index (χ4n) is 5.83. The van der Waals surface area contributed by atoms with Crippen LogP contribution in [0.15, 0.2) is 23.3 Å². The average Bonchev–Trinajstić information content (AvgIpc) is 2.61. The van der Waals surface area contributed by atoms with E-state index in [0.29, 0.717) is 5.41 Å². The molecule has 0 heterocycles. The topological polar surface area (TPSA) is 0 Å². The van der Waals surface area contributed by atoms with Gasteiger partial charge in [-0.2, -0.15) is 0 Å². The maximum atomic E-state index is 2.65. The Kier molecular flexibility index (Phi) is 5.70. The molecule has 129 valence electrons. The van der Waals surface area contributed by atoms with Crippen LogP contribution in [-0.2, 0) is 0 Å². The molecule has 1 radical (unpaired) electrons. The first-order valence-corrected chi connectivity index (χ1v) is 10.4. The molecule has 0 bridgehead atoms. The Morgan fingerprint density at radius 3 is 2.30 bits per heavy atom. The van der Waals surface area contributed by atoms with Gasteiger partial charge < -0.3 is 0 Å². The first kappa shape index (κ1) is 17.3. The molecular weight excluding hydrogens is 276 g/mol. The predicted octanol–water partition coefficient (Wildman–Crippen LogP) is 7.41. The van der Waals surface area contributed by atoms with Crippen molar-refractivity contribution in [1.82, 2.24) is 0 Å². The highest BCUT2D eigenvalue weighted by atomic mass is 14.5. The summed E-state index contributed by atoms with van der Waals surface area (Å²) in [5, 5.41) is 0. The molecular formula is C23H37. The Bertz CT molecular complexity index is 455. The van der Waals surface area contributed by atoms with Crippen molar-refractivity contribution in [3.05, 3.63) is 29.2 Å². The monoisotopic (exact) mass is 313 g/mol. The van der Waals surface area contributed by atoms with Crippen LogP contribution in [0.25, 0.3) is 0 Å². The normalized spacial score (nSPS) is 36.5. The highest BCUT2D eigenvalue weighted by Crippen LogP contribution is 2.59. The summed E-state index contributed by atoms with van der Waals surface area (Å²) in [5.41, 5.74) is 4.02. The molecule has 3 aliphatic rings. The predicted molar refractivity (Wildman–Crippen MR) is 101 cm³/mol. The molecule has 0 nitrogen and oxygen atoms in total. The summed E-state index contributed by atoms with van der Waals surface area (Å²) in [5.74, 6) is 3.61. The first-order valence-electron chi connectivity index (χ1n) is 10.4. The van der Waals surface area contributed by atoms with Crippen molar-refractivity contribution >= 4 is 0 Å². The van der Waals surface area contributed by atoms with E-state index in [9.17, 15) is 0 Å². The third kappa shape index (κ3) is 3.33. The van der Waals surface area contributed by atoms with Gasteiger partial charge in [0.05, 0.1) is 0 Å². The second-order valence-electron chi connectivity index (χ2n) is 8.49. The van der Waals surface area contributed by atoms with E-state index >= 15 is 0 Å². The minimum absolute atomic E-state index is 0.427. The first-order chi connectivity index (χ1) is 11.2. The van der Waals surface area contributed by atoms with E-state index in [1.807, 2.05) is 11.5 Å². The number of rotatable bonds is 4. The third-order valence-electron chi connectivity index (χ3n) is 7.41. The lowest BCUT2D eigenvalue weighted by Gasteiger charge is -2.53. The second kappa shape index (κ2) is 7.58. The number of hydrogen-bond donors (Lipinski definition) is 0. The van der Waals surface area contributed by atoms with Gasteiger partial charge in [0.15, 0.2) is 0 Å². The Balaban J connectivity index is 1.90. The van der Waals surface area contributed by atoms with E-state index < -0.39 is 0 Å². The molecule has 0 amide bonds. The number of hydrogen-bond acceptors (Lipinski definition) is 0. The molecule has 1 saturated carbocycles. The van der Waals surface area contributed by atoms with Gasteiger partial charge in [-0.1, -0.05) is 44.1 Å². The summed E-state index contributed by atoms with van der Waals surface area (Å²) < 4.78 is 0. The van der Waals surface area contributed by atoms with Crippen LogP contribution >= 0.6 is 0 Å². The second-order valence-corrected chi connectivity index (χ2v) is 8.49. The lowest BCUT2D eigenvalue weighted by Crippen LogP contribution is -2.44. The van der Waals surface area contributed by atoms with Crippen molar-refractivity contribution < 1.29 is 0 Å². The summed E-state index contributed by atoms with van der Waals surface area (Å²) in [7, 11) is 0. The zero-order chi connectivity index (χ0) is 16.3. The summed E-state index contributed by atoms with van der Waals surface area (Å²) in [6.45, 7) is 7.55. The molecule has 0 aromatic heterocycles. The van der Waals surface area contributed by atoms with E-state index in [1.165, 1.54) is 77.0 Å². The van der Waals surface area contributed by atoms with Crippen LogP contribution in [0.3, 0.4) is 0 Å². The molecule has 3 unspecified atom stereocenters. The smallest absolute Gasteiger partial charge is 0.000258 e. The fraction of sp³-hybridized carbons (Fsp3) is 0.783. The van der Waals surface area contributed by atoms with Gasteiger partial charge in [0, 0.05) is 5.41 Å². The number of allylic oxidation sites excluding steroid dienone is 4. The van der Waals surface area contributed by atoms with Crippen molar-refractivity contribution in [1.29, 1.82) is 0 Å². The van der Waals surface area contributed by atoms with Gasteiger partial charge in [-0.25, -0.2) is 0 Å². The quantitative estimate of drug-likeness (QED) is 0.474. The molecule has 0 heteroatoms. The van der Waals surface area contributed by atoms with E-state index in [0.717, 1.165) is 11.8 Å². The zero-order valence-corrected chi connectivity index (χ0v) is 15.8. The average molecular weight is 314 g/mol. The standard InChI is InChI=1S/C23H37/c1-4-23(21-13-9-6-10-14-21)19(3)18(2)15-16-22(23)17-20-11-7-5-8-12-20/h11,13,18-19H,4-10,12,14-17H2,1-3H3. The molecule has 3 atom stereocenters. The molecule has 0 aromatic rings. The highest BCUT2D eigenvalue weighted by molar-refractivity contribution is 5.32. The zero-order valence-electron chi connectivity index (χ0n) is 15.8. The highest BCUT2D eigenvalue weighted by Gasteiger charge is 2.49. The van der Waals surface area contributed by atoms with Crippen LogP contribution in [0.5, 0.6) is 0 Å².